The average molecular weight is 494 g/mol. The molecule has 0 heterocycles. The molecule has 4 N–H and O–H groups in total. The van der Waals surface area contributed by atoms with E-state index in [1.807, 2.05) is 0 Å². The van der Waals surface area contributed by atoms with Crippen molar-refractivity contribution in [1.29, 1.82) is 0 Å². The van der Waals surface area contributed by atoms with Crippen LogP contribution < -0.4 is 5.32 Å². The van der Waals surface area contributed by atoms with E-state index >= 15 is 0 Å². The number of aryl methyl sites for hydroxylation is 2. The smallest absolute Gasteiger partial charge is 0.296 e. The molecule has 0 fully saturated rings. The molecule has 3 aromatic rings. The minimum absolute atomic E-state index is 0.180. The first-order valence-electron chi connectivity index (χ1n) is 9.24. The van der Waals surface area contributed by atoms with Crippen LogP contribution in [0.15, 0.2) is 56.4 Å². The molecule has 0 aromatic heterocycles. The number of benzene rings is 3. The molecule has 0 radical (unpaired) electrons. The van der Waals surface area contributed by atoms with Crippen LogP contribution in [-0.4, -0.2) is 37.0 Å². The highest BCUT2D eigenvalue weighted by Gasteiger charge is 2.25. The predicted octanol–water partition coefficient (Wildman–Crippen LogP) is 4.03. The number of phenolic OH excluding ortho intramolecular Hbond substituents is 1. The second-order valence-corrected chi connectivity index (χ2v) is 10.0. The van der Waals surface area contributed by atoms with Gasteiger partial charge in [-0.15, -0.1) is 10.2 Å². The molecule has 0 aliphatic carbocycles. The van der Waals surface area contributed by atoms with E-state index in [9.17, 15) is 35.8 Å². The van der Waals surface area contributed by atoms with E-state index in [1.165, 1.54) is 0 Å². The molecule has 0 aliphatic heterocycles. The van der Waals surface area contributed by atoms with Gasteiger partial charge in [0.05, 0.1) is 16.3 Å². The van der Waals surface area contributed by atoms with Gasteiger partial charge in [-0.3, -0.25) is 13.9 Å². The Labute approximate surface area is 189 Å². The second-order valence-electron chi connectivity index (χ2n) is 7.21. The Bertz CT molecular complexity index is 1530. The van der Waals surface area contributed by atoms with Crippen molar-refractivity contribution in [1.82, 2.24) is 0 Å². The van der Waals surface area contributed by atoms with Gasteiger partial charge < -0.3 is 10.4 Å². The fourth-order valence-electron chi connectivity index (χ4n) is 3.25. The number of phenols is 1. The molecule has 13 heteroatoms. The topological polar surface area (TPSA) is 183 Å². The van der Waals surface area contributed by atoms with E-state index in [0.717, 1.165) is 25.1 Å². The molecule has 3 rings (SSSR count). The van der Waals surface area contributed by atoms with E-state index in [2.05, 4.69) is 15.5 Å². The van der Waals surface area contributed by atoms with Crippen molar-refractivity contribution < 1.29 is 35.8 Å². The number of nitrogens with zero attached hydrogens (tertiary/aromatic N) is 2. The summed E-state index contributed by atoms with van der Waals surface area (Å²) in [6, 6.07) is 7.89. The molecule has 0 aliphatic rings. The van der Waals surface area contributed by atoms with Gasteiger partial charge in [-0.25, -0.2) is 0 Å². The Morgan fingerprint density at radius 2 is 1.48 bits per heavy atom. The van der Waals surface area contributed by atoms with Gasteiger partial charge in [-0.2, -0.15) is 16.8 Å². The van der Waals surface area contributed by atoms with E-state index in [-0.39, 0.29) is 16.5 Å². The molecule has 0 bridgehead atoms. The summed E-state index contributed by atoms with van der Waals surface area (Å²) in [5.74, 6) is -1.43. The summed E-state index contributed by atoms with van der Waals surface area (Å²) in [7, 11) is -9.74. The van der Waals surface area contributed by atoms with Crippen molar-refractivity contribution in [2.75, 3.05) is 5.32 Å². The van der Waals surface area contributed by atoms with Crippen molar-refractivity contribution in [2.45, 2.75) is 30.6 Å². The number of azo groups is 1. The zero-order valence-corrected chi connectivity index (χ0v) is 19.2. The minimum atomic E-state index is -4.97. The second kappa shape index (κ2) is 8.51. The zero-order valence-electron chi connectivity index (χ0n) is 17.6. The highest BCUT2D eigenvalue weighted by atomic mass is 32.2. The van der Waals surface area contributed by atoms with Gasteiger partial charge >= 0.3 is 0 Å². The van der Waals surface area contributed by atoms with Gasteiger partial charge in [0.1, 0.15) is 10.6 Å². The summed E-state index contributed by atoms with van der Waals surface area (Å²) in [5.41, 5.74) is 0.963. The Hall–Kier alpha value is -3.39. The van der Waals surface area contributed by atoms with Crippen LogP contribution in [0.2, 0.25) is 0 Å². The normalized spacial score (nSPS) is 12.4. The van der Waals surface area contributed by atoms with Gasteiger partial charge in [0, 0.05) is 12.3 Å². The number of aromatic hydroxyl groups is 1. The monoisotopic (exact) mass is 493 g/mol. The number of anilines is 1. The first-order chi connectivity index (χ1) is 15.2. The van der Waals surface area contributed by atoms with Gasteiger partial charge in [0.15, 0.2) is 5.75 Å². The lowest BCUT2D eigenvalue weighted by atomic mass is 10.1. The molecule has 3 aromatic carbocycles. The minimum Gasteiger partial charge on any atom is -0.505 e. The van der Waals surface area contributed by atoms with Crippen molar-refractivity contribution in [3.8, 4) is 5.75 Å². The zero-order chi connectivity index (χ0) is 24.7. The fourth-order valence-corrected chi connectivity index (χ4v) is 4.45. The quantitative estimate of drug-likeness (QED) is 0.303. The molecule has 0 saturated carbocycles. The van der Waals surface area contributed by atoms with E-state index in [1.54, 1.807) is 32.0 Å². The summed E-state index contributed by atoms with van der Waals surface area (Å²) in [5, 5.41) is 20.7. The Kier molecular flexibility index (Phi) is 6.26. The number of fused-ring (bicyclic) bond motifs is 1. The SMILES string of the molecule is CC(=O)Nc1cc(S(=O)(=O)O)cc2cc(S(=O)(=O)O)c(N=Nc3c(C)cccc3C)c(O)c12. The standard InChI is InChI=1S/C20H19N3O8S2/c1-10-5-4-6-11(2)18(10)22-23-19-16(33(29,30)31)8-13-7-14(32(26,27)28)9-15(21-12(3)24)17(13)20(19)25/h4-9,25H,1-3H3,(H,21,24)(H,26,27,28)(H,29,30,31). The molecule has 1 amide bonds. The summed E-state index contributed by atoms with van der Waals surface area (Å²) in [6.45, 7) is 4.62. The van der Waals surface area contributed by atoms with E-state index in [0.29, 0.717) is 16.8 Å². The van der Waals surface area contributed by atoms with Crippen LogP contribution in [0.1, 0.15) is 18.1 Å². The van der Waals surface area contributed by atoms with Crippen LogP contribution in [-0.2, 0) is 25.0 Å². The molecule has 0 unspecified atom stereocenters. The summed E-state index contributed by atoms with van der Waals surface area (Å²) < 4.78 is 66.5. The van der Waals surface area contributed by atoms with Gasteiger partial charge in [0.2, 0.25) is 5.91 Å². The molecule has 33 heavy (non-hydrogen) atoms. The van der Waals surface area contributed by atoms with Crippen LogP contribution in [0.5, 0.6) is 5.75 Å². The predicted molar refractivity (Wildman–Crippen MR) is 120 cm³/mol. The third kappa shape index (κ3) is 5.01. The Morgan fingerprint density at radius 1 is 0.909 bits per heavy atom. The molecule has 0 spiro atoms. The summed E-state index contributed by atoms with van der Waals surface area (Å²) in [4.78, 5) is 10.1. The van der Waals surface area contributed by atoms with Crippen molar-refractivity contribution in [3.63, 3.8) is 0 Å². The number of carbonyl (C=O) groups is 1. The Morgan fingerprint density at radius 3 is 2.00 bits per heavy atom. The first-order valence-corrected chi connectivity index (χ1v) is 12.1. The molecule has 0 atom stereocenters. The maximum Gasteiger partial charge on any atom is 0.296 e. The van der Waals surface area contributed by atoms with Gasteiger partial charge in [-0.1, -0.05) is 18.2 Å². The number of hydrogen-bond acceptors (Lipinski definition) is 8. The van der Waals surface area contributed by atoms with E-state index in [4.69, 9.17) is 0 Å². The lowest BCUT2D eigenvalue weighted by Gasteiger charge is -2.14. The summed E-state index contributed by atoms with van der Waals surface area (Å²) >= 11 is 0. The number of rotatable bonds is 5. The number of carbonyl (C=O) groups excluding carboxylic acids is 1. The first kappa shape index (κ1) is 24.3. The van der Waals surface area contributed by atoms with E-state index < -0.39 is 47.4 Å². The molecule has 0 saturated heterocycles. The van der Waals surface area contributed by atoms with Gasteiger partial charge in [0.25, 0.3) is 20.2 Å². The number of amides is 1. The highest BCUT2D eigenvalue weighted by Crippen LogP contribution is 2.45. The van der Waals surface area contributed by atoms with Crippen LogP contribution in [0.4, 0.5) is 17.1 Å². The van der Waals surface area contributed by atoms with Crippen LogP contribution >= 0.6 is 0 Å². The maximum atomic E-state index is 12.0. The fraction of sp³-hybridized carbons (Fsp3) is 0.150. The van der Waals surface area contributed by atoms with Gasteiger partial charge in [-0.05, 0) is 48.6 Å². The Balaban J connectivity index is 2.43. The lowest BCUT2D eigenvalue weighted by Crippen LogP contribution is -2.08. The molecular formula is C20H19N3O8S2. The van der Waals surface area contributed by atoms with Crippen LogP contribution in [0.3, 0.4) is 0 Å². The third-order valence-electron chi connectivity index (χ3n) is 4.70. The third-order valence-corrected chi connectivity index (χ3v) is 6.40. The largest absolute Gasteiger partial charge is 0.505 e. The number of hydrogen-bond donors (Lipinski definition) is 4. The average Bonchev–Trinajstić information content (AvgIpc) is 2.66. The molecule has 11 nitrogen and oxygen atoms in total. The van der Waals surface area contributed by atoms with Crippen molar-refractivity contribution in [2.24, 2.45) is 10.2 Å². The number of nitrogens with one attached hydrogen (secondary N) is 1. The molecule has 174 valence electrons. The van der Waals surface area contributed by atoms with Crippen LogP contribution in [0, 0.1) is 13.8 Å². The van der Waals surface area contributed by atoms with Crippen molar-refractivity contribution >= 4 is 54.0 Å². The summed E-state index contributed by atoms with van der Waals surface area (Å²) in [6.07, 6.45) is 0. The maximum absolute atomic E-state index is 12.0. The lowest BCUT2D eigenvalue weighted by molar-refractivity contribution is -0.114. The molecular weight excluding hydrogens is 474 g/mol. The van der Waals surface area contributed by atoms with Crippen LogP contribution in [0.25, 0.3) is 10.8 Å². The van der Waals surface area contributed by atoms with Crippen molar-refractivity contribution in [3.05, 3.63) is 47.5 Å². The highest BCUT2D eigenvalue weighted by molar-refractivity contribution is 7.86.